The highest BCUT2D eigenvalue weighted by molar-refractivity contribution is 6.01. The molecule has 0 saturated carbocycles. The molecule has 0 fully saturated rings. The van der Waals surface area contributed by atoms with Crippen molar-refractivity contribution in [1.82, 2.24) is 9.99 Å². The van der Waals surface area contributed by atoms with Gasteiger partial charge in [-0.15, -0.1) is 0 Å². The summed E-state index contributed by atoms with van der Waals surface area (Å²) < 4.78 is 15.5. The van der Waals surface area contributed by atoms with Gasteiger partial charge in [-0.05, 0) is 55.7 Å². The maximum Gasteiger partial charge on any atom is 0.244 e. The van der Waals surface area contributed by atoms with Gasteiger partial charge in [0.05, 0.1) is 12.6 Å². The average Bonchev–Trinajstić information content (AvgIpc) is 3.03. The van der Waals surface area contributed by atoms with Crippen molar-refractivity contribution in [2.24, 2.45) is 5.10 Å². The lowest BCUT2D eigenvalue weighted by Crippen LogP contribution is -2.20. The van der Waals surface area contributed by atoms with E-state index < -0.39 is 0 Å². The molecule has 0 spiro atoms. The summed E-state index contributed by atoms with van der Waals surface area (Å²) in [7, 11) is 0. The molecule has 4 aromatic rings. The minimum Gasteiger partial charge on any atom is -0.340 e. The van der Waals surface area contributed by atoms with Crippen LogP contribution >= 0.6 is 0 Å². The predicted octanol–water partition coefficient (Wildman–Crippen LogP) is 5.45. The van der Waals surface area contributed by atoms with Crippen molar-refractivity contribution in [1.29, 1.82) is 0 Å². The number of rotatable bonds is 6. The molecule has 0 unspecified atom stereocenters. The number of amides is 1. The van der Waals surface area contributed by atoms with E-state index in [9.17, 15) is 9.18 Å². The summed E-state index contributed by atoms with van der Waals surface area (Å²) in [4.78, 5) is 12.4. The van der Waals surface area contributed by atoms with Crippen molar-refractivity contribution in [2.45, 2.75) is 33.7 Å². The molecule has 4 nitrogen and oxygen atoms in total. The number of carbonyl (C=O) groups excluding carboxylic acids is 1. The Labute approximate surface area is 187 Å². The Balaban J connectivity index is 1.55. The van der Waals surface area contributed by atoms with E-state index in [0.717, 1.165) is 38.9 Å². The fourth-order valence-electron chi connectivity index (χ4n) is 4.02. The van der Waals surface area contributed by atoms with E-state index in [4.69, 9.17) is 0 Å². The molecule has 1 aromatic heterocycles. The molecule has 5 heteroatoms. The van der Waals surface area contributed by atoms with Crippen LogP contribution in [0.4, 0.5) is 4.39 Å². The number of hydrogen-bond donors (Lipinski definition) is 1. The van der Waals surface area contributed by atoms with E-state index in [1.54, 1.807) is 18.3 Å². The van der Waals surface area contributed by atoms with Crippen LogP contribution in [-0.4, -0.2) is 16.7 Å². The van der Waals surface area contributed by atoms with Gasteiger partial charge < -0.3 is 4.57 Å². The normalized spacial score (nSPS) is 11.4. The zero-order valence-electron chi connectivity index (χ0n) is 18.5. The van der Waals surface area contributed by atoms with E-state index in [1.165, 1.54) is 17.7 Å². The summed E-state index contributed by atoms with van der Waals surface area (Å²) in [5.41, 5.74) is 10.00. The Morgan fingerprint density at radius 3 is 2.53 bits per heavy atom. The molecule has 1 heterocycles. The topological polar surface area (TPSA) is 46.4 Å². The third-order valence-electron chi connectivity index (χ3n) is 5.77. The zero-order valence-corrected chi connectivity index (χ0v) is 18.5. The molecule has 0 aliphatic heterocycles. The number of benzene rings is 3. The first-order valence-electron chi connectivity index (χ1n) is 10.6. The van der Waals surface area contributed by atoms with Gasteiger partial charge in [0.2, 0.25) is 5.91 Å². The fraction of sp³-hybridized carbons (Fsp3) is 0.185. The van der Waals surface area contributed by atoms with Gasteiger partial charge in [-0.1, -0.05) is 54.1 Å². The highest BCUT2D eigenvalue weighted by Crippen LogP contribution is 2.25. The van der Waals surface area contributed by atoms with Crippen LogP contribution in [0.2, 0.25) is 0 Å². The monoisotopic (exact) mass is 427 g/mol. The number of halogens is 1. The molecule has 0 aliphatic carbocycles. The highest BCUT2D eigenvalue weighted by atomic mass is 19.1. The van der Waals surface area contributed by atoms with E-state index in [2.05, 4.69) is 27.2 Å². The number of aryl methyl sites for hydroxylation is 2. The molecule has 0 saturated heterocycles. The number of hydrogen-bond acceptors (Lipinski definition) is 2. The number of nitrogens with one attached hydrogen (secondary N) is 1. The van der Waals surface area contributed by atoms with Crippen LogP contribution in [0.25, 0.3) is 10.9 Å². The minimum absolute atomic E-state index is 0.152. The van der Waals surface area contributed by atoms with Gasteiger partial charge in [0.25, 0.3) is 0 Å². The lowest BCUT2D eigenvalue weighted by atomic mass is 10.0. The van der Waals surface area contributed by atoms with E-state index >= 15 is 0 Å². The molecule has 0 bridgehead atoms. The third kappa shape index (κ3) is 4.62. The molecule has 1 N–H and O–H groups in total. The Bertz CT molecular complexity index is 1300. The number of hydrazone groups is 1. The number of nitrogens with zero attached hydrogens (tertiary/aromatic N) is 2. The maximum atomic E-state index is 13.3. The molecular formula is C27H26FN3O. The molecular weight excluding hydrogens is 401 g/mol. The van der Waals surface area contributed by atoms with Gasteiger partial charge in [0.1, 0.15) is 5.82 Å². The number of aromatic nitrogens is 1. The van der Waals surface area contributed by atoms with Gasteiger partial charge in [0.15, 0.2) is 0 Å². The van der Waals surface area contributed by atoms with Crippen molar-refractivity contribution >= 4 is 23.0 Å². The summed E-state index contributed by atoms with van der Waals surface area (Å²) in [6.07, 6.45) is 1.99. The second-order valence-electron chi connectivity index (χ2n) is 8.13. The van der Waals surface area contributed by atoms with E-state index in [-0.39, 0.29) is 18.1 Å². The van der Waals surface area contributed by atoms with Crippen LogP contribution in [0.1, 0.15) is 33.5 Å². The van der Waals surface area contributed by atoms with Gasteiger partial charge in [0, 0.05) is 28.7 Å². The molecule has 162 valence electrons. The quantitative estimate of drug-likeness (QED) is 0.323. The third-order valence-corrected chi connectivity index (χ3v) is 5.77. The number of fused-ring (bicyclic) bond motifs is 1. The summed E-state index contributed by atoms with van der Waals surface area (Å²) in [5.74, 6) is -0.395. The molecule has 3 aromatic carbocycles. The van der Waals surface area contributed by atoms with Crippen LogP contribution < -0.4 is 5.43 Å². The van der Waals surface area contributed by atoms with Crippen molar-refractivity contribution in [2.75, 3.05) is 0 Å². The van der Waals surface area contributed by atoms with Crippen LogP contribution in [-0.2, 0) is 17.8 Å². The molecule has 1 amide bonds. The summed E-state index contributed by atoms with van der Waals surface area (Å²) in [6.45, 7) is 6.70. The molecule has 4 rings (SSSR count). The lowest BCUT2D eigenvalue weighted by molar-refractivity contribution is -0.120. The Kier molecular flexibility index (Phi) is 6.17. The summed E-state index contributed by atoms with van der Waals surface area (Å²) >= 11 is 0. The largest absolute Gasteiger partial charge is 0.340 e. The van der Waals surface area contributed by atoms with Crippen LogP contribution in [0.15, 0.2) is 71.8 Å². The van der Waals surface area contributed by atoms with Crippen molar-refractivity contribution in [3.05, 3.63) is 106 Å². The summed E-state index contributed by atoms with van der Waals surface area (Å²) in [5, 5.41) is 5.30. The zero-order chi connectivity index (χ0) is 22.7. The minimum atomic E-state index is -0.243. The van der Waals surface area contributed by atoms with E-state index in [0.29, 0.717) is 6.54 Å². The van der Waals surface area contributed by atoms with Crippen molar-refractivity contribution in [3.8, 4) is 0 Å². The SMILES string of the molecule is Cc1ccc(CC(=O)N/N=C\c2c(C)n(Cc3ccc(F)cc3)c3ccccc23)c(C)c1. The van der Waals surface area contributed by atoms with Crippen LogP contribution in [0, 0.1) is 26.6 Å². The Morgan fingerprint density at radius 1 is 1.03 bits per heavy atom. The van der Waals surface area contributed by atoms with Gasteiger partial charge in [-0.3, -0.25) is 4.79 Å². The first-order valence-corrected chi connectivity index (χ1v) is 10.6. The van der Waals surface area contributed by atoms with Gasteiger partial charge >= 0.3 is 0 Å². The highest BCUT2D eigenvalue weighted by Gasteiger charge is 2.13. The van der Waals surface area contributed by atoms with Crippen LogP contribution in [0.5, 0.6) is 0 Å². The molecule has 0 aliphatic rings. The number of carbonyl (C=O) groups is 1. The smallest absolute Gasteiger partial charge is 0.244 e. The molecule has 0 atom stereocenters. The second kappa shape index (κ2) is 9.18. The van der Waals surface area contributed by atoms with Crippen LogP contribution in [0.3, 0.4) is 0 Å². The van der Waals surface area contributed by atoms with Crippen molar-refractivity contribution < 1.29 is 9.18 Å². The van der Waals surface area contributed by atoms with E-state index in [1.807, 2.05) is 51.1 Å². The maximum absolute atomic E-state index is 13.3. The Morgan fingerprint density at radius 2 is 1.78 bits per heavy atom. The van der Waals surface area contributed by atoms with Crippen molar-refractivity contribution in [3.63, 3.8) is 0 Å². The van der Waals surface area contributed by atoms with Gasteiger partial charge in [-0.2, -0.15) is 5.10 Å². The first-order chi connectivity index (χ1) is 15.4. The lowest BCUT2D eigenvalue weighted by Gasteiger charge is -2.09. The standard InChI is InChI=1S/C27H26FN3O/c1-18-8-11-22(19(2)14-18)15-27(32)30-29-16-25-20(3)31(26-7-5-4-6-24(25)26)17-21-9-12-23(28)13-10-21/h4-14,16H,15,17H2,1-3H3,(H,30,32)/b29-16-. The average molecular weight is 428 g/mol. The Hall–Kier alpha value is -3.73. The first kappa shape index (κ1) is 21.5. The number of para-hydroxylation sites is 1. The fourth-order valence-corrected chi connectivity index (χ4v) is 4.02. The predicted molar refractivity (Wildman–Crippen MR) is 128 cm³/mol. The van der Waals surface area contributed by atoms with Gasteiger partial charge in [-0.25, -0.2) is 9.82 Å². The molecule has 0 radical (unpaired) electrons. The second-order valence-corrected chi connectivity index (χ2v) is 8.13. The molecule has 32 heavy (non-hydrogen) atoms. The summed E-state index contributed by atoms with van der Waals surface area (Å²) in [6, 6.07) is 20.7.